The number of hydrogen-bond acceptors (Lipinski definition) is 6. The number of sulfonamides is 1. The van der Waals surface area contributed by atoms with E-state index < -0.39 is 15.3 Å². The number of aromatic nitrogens is 2. The Morgan fingerprint density at radius 3 is 2.42 bits per heavy atom. The zero-order valence-electron chi connectivity index (χ0n) is 19.1. The summed E-state index contributed by atoms with van der Waals surface area (Å²) in [5.74, 6) is 0.275. The van der Waals surface area contributed by atoms with Gasteiger partial charge in [-0.2, -0.15) is 14.1 Å². The van der Waals surface area contributed by atoms with E-state index in [0.29, 0.717) is 42.6 Å². The summed E-state index contributed by atoms with van der Waals surface area (Å²) in [6.45, 7) is 5.04. The molecular formula is C23H31ClN4O4S. The Kier molecular flexibility index (Phi) is 7.31. The molecule has 1 aromatic carbocycles. The first-order chi connectivity index (χ1) is 15.8. The lowest BCUT2D eigenvalue weighted by Crippen LogP contribution is -2.50. The van der Waals surface area contributed by atoms with E-state index in [-0.39, 0.29) is 17.4 Å². The Labute approximate surface area is 200 Å². The van der Waals surface area contributed by atoms with Crippen molar-refractivity contribution in [3.63, 3.8) is 0 Å². The highest BCUT2D eigenvalue weighted by atomic mass is 35.5. The van der Waals surface area contributed by atoms with Crippen molar-refractivity contribution in [3.05, 3.63) is 45.8 Å². The quantitative estimate of drug-likeness (QED) is 0.611. The van der Waals surface area contributed by atoms with Crippen molar-refractivity contribution in [3.8, 4) is 11.4 Å². The van der Waals surface area contributed by atoms with Crippen molar-refractivity contribution in [2.45, 2.75) is 57.3 Å². The summed E-state index contributed by atoms with van der Waals surface area (Å²) in [7, 11) is -3.31. The second kappa shape index (κ2) is 10.0. The largest absolute Gasteiger partial charge is 0.483 e. The van der Waals surface area contributed by atoms with Gasteiger partial charge in [-0.05, 0) is 57.7 Å². The zero-order valence-corrected chi connectivity index (χ0v) is 20.7. The van der Waals surface area contributed by atoms with Crippen LogP contribution in [0.5, 0.6) is 5.75 Å². The number of nitrogens with zero attached hydrogens (tertiary/aromatic N) is 4. The number of rotatable bonds is 6. The molecule has 1 aromatic heterocycles. The SMILES string of the molecule is CC(C)S(=O)(=O)N1CCN(c2cnn(-c3cccc(Cl)c3)c(=O)c2OC2CCCCC2)CC1. The Balaban J connectivity index is 1.66. The number of benzene rings is 1. The van der Waals surface area contributed by atoms with Crippen molar-refractivity contribution in [1.29, 1.82) is 0 Å². The van der Waals surface area contributed by atoms with Gasteiger partial charge in [-0.15, -0.1) is 0 Å². The van der Waals surface area contributed by atoms with Gasteiger partial charge in [0.2, 0.25) is 15.8 Å². The van der Waals surface area contributed by atoms with Crippen LogP contribution >= 0.6 is 11.6 Å². The lowest BCUT2D eigenvalue weighted by Gasteiger charge is -2.36. The summed E-state index contributed by atoms with van der Waals surface area (Å²) < 4.78 is 34.2. The summed E-state index contributed by atoms with van der Waals surface area (Å²) in [5.41, 5.74) is 0.850. The average molecular weight is 495 g/mol. The molecule has 2 heterocycles. The molecule has 0 radical (unpaired) electrons. The van der Waals surface area contributed by atoms with Gasteiger partial charge >= 0.3 is 5.56 Å². The first kappa shape index (κ1) is 24.0. The predicted octanol–water partition coefficient (Wildman–Crippen LogP) is 3.46. The summed E-state index contributed by atoms with van der Waals surface area (Å²) in [6, 6.07) is 6.99. The molecule has 0 spiro atoms. The molecule has 8 nitrogen and oxygen atoms in total. The van der Waals surface area contributed by atoms with Crippen LogP contribution in [0.3, 0.4) is 0 Å². The van der Waals surface area contributed by atoms with Crippen molar-refractivity contribution >= 4 is 27.3 Å². The third-order valence-corrected chi connectivity index (χ3v) is 8.85. The van der Waals surface area contributed by atoms with Crippen LogP contribution in [0.15, 0.2) is 35.3 Å². The highest BCUT2D eigenvalue weighted by Gasteiger charge is 2.31. The van der Waals surface area contributed by atoms with Crippen LogP contribution in [0, 0.1) is 0 Å². The van der Waals surface area contributed by atoms with E-state index in [1.54, 1.807) is 44.3 Å². The van der Waals surface area contributed by atoms with Crippen LogP contribution in [0.4, 0.5) is 5.69 Å². The minimum atomic E-state index is -3.31. The second-order valence-electron chi connectivity index (χ2n) is 8.91. The van der Waals surface area contributed by atoms with E-state index in [2.05, 4.69) is 5.10 Å². The monoisotopic (exact) mass is 494 g/mol. The van der Waals surface area contributed by atoms with Crippen LogP contribution in [-0.2, 0) is 10.0 Å². The van der Waals surface area contributed by atoms with Gasteiger partial charge in [-0.25, -0.2) is 8.42 Å². The summed E-state index contributed by atoms with van der Waals surface area (Å²) >= 11 is 6.13. The molecule has 1 aliphatic carbocycles. The summed E-state index contributed by atoms with van der Waals surface area (Å²) in [5, 5.41) is 4.46. The van der Waals surface area contributed by atoms with Crippen LogP contribution < -0.4 is 15.2 Å². The number of anilines is 1. The minimum absolute atomic E-state index is 0.0111. The molecule has 4 rings (SSSR count). The van der Waals surface area contributed by atoms with E-state index in [4.69, 9.17) is 16.3 Å². The van der Waals surface area contributed by atoms with E-state index in [9.17, 15) is 13.2 Å². The number of halogens is 1. The van der Waals surface area contributed by atoms with E-state index >= 15 is 0 Å². The second-order valence-corrected chi connectivity index (χ2v) is 11.8. The van der Waals surface area contributed by atoms with Gasteiger partial charge in [0, 0.05) is 31.2 Å². The van der Waals surface area contributed by atoms with Gasteiger partial charge in [0.25, 0.3) is 0 Å². The lowest BCUT2D eigenvalue weighted by atomic mass is 9.98. The maximum Gasteiger partial charge on any atom is 0.316 e. The lowest BCUT2D eigenvalue weighted by molar-refractivity contribution is 0.152. The van der Waals surface area contributed by atoms with Gasteiger partial charge in [0.05, 0.1) is 23.2 Å². The van der Waals surface area contributed by atoms with Crippen molar-refractivity contribution in [2.24, 2.45) is 0 Å². The summed E-state index contributed by atoms with van der Waals surface area (Å²) in [4.78, 5) is 15.5. The molecule has 10 heteroatoms. The molecule has 2 aromatic rings. The van der Waals surface area contributed by atoms with Gasteiger partial charge in [0.1, 0.15) is 5.69 Å². The minimum Gasteiger partial charge on any atom is -0.483 e. The van der Waals surface area contributed by atoms with E-state index in [1.165, 1.54) is 15.4 Å². The first-order valence-electron chi connectivity index (χ1n) is 11.6. The van der Waals surface area contributed by atoms with Crippen LogP contribution in [0.1, 0.15) is 46.0 Å². The fourth-order valence-electron chi connectivity index (χ4n) is 4.39. The van der Waals surface area contributed by atoms with Crippen molar-refractivity contribution < 1.29 is 13.2 Å². The molecule has 1 saturated heterocycles. The average Bonchev–Trinajstić information content (AvgIpc) is 2.81. The highest BCUT2D eigenvalue weighted by Crippen LogP contribution is 2.30. The maximum absolute atomic E-state index is 13.5. The van der Waals surface area contributed by atoms with E-state index in [1.807, 2.05) is 4.90 Å². The zero-order chi connectivity index (χ0) is 23.6. The van der Waals surface area contributed by atoms with E-state index in [0.717, 1.165) is 25.7 Å². The molecule has 1 saturated carbocycles. The van der Waals surface area contributed by atoms with Crippen LogP contribution in [0.25, 0.3) is 5.69 Å². The molecule has 0 bridgehead atoms. The van der Waals surface area contributed by atoms with Gasteiger partial charge < -0.3 is 9.64 Å². The normalized spacial score (nSPS) is 18.6. The predicted molar refractivity (Wildman–Crippen MR) is 130 cm³/mol. The molecule has 1 aliphatic heterocycles. The molecule has 2 aliphatic rings. The number of ether oxygens (including phenoxy) is 1. The highest BCUT2D eigenvalue weighted by molar-refractivity contribution is 7.89. The van der Waals surface area contributed by atoms with Crippen molar-refractivity contribution in [2.75, 3.05) is 31.1 Å². The van der Waals surface area contributed by atoms with Gasteiger partial charge in [0.15, 0.2) is 0 Å². The Bertz CT molecular complexity index is 1140. The standard InChI is InChI=1S/C23H31ClN4O4S/c1-17(2)33(30,31)27-13-11-26(12-14-27)21-16-25-28(19-8-6-7-18(24)15-19)23(29)22(21)32-20-9-4-3-5-10-20/h6-8,15-17,20H,3-5,9-14H2,1-2H3. The fraction of sp³-hybridized carbons (Fsp3) is 0.565. The van der Waals surface area contributed by atoms with Crippen molar-refractivity contribution in [1.82, 2.24) is 14.1 Å². The molecule has 0 amide bonds. The fourth-order valence-corrected chi connectivity index (χ4v) is 5.84. The smallest absolute Gasteiger partial charge is 0.316 e. The number of hydrogen-bond donors (Lipinski definition) is 0. The Morgan fingerprint density at radius 1 is 1.09 bits per heavy atom. The molecule has 0 N–H and O–H groups in total. The van der Waals surface area contributed by atoms with Crippen LogP contribution in [0.2, 0.25) is 5.02 Å². The third-order valence-electron chi connectivity index (χ3n) is 6.34. The van der Waals surface area contributed by atoms with Crippen LogP contribution in [-0.4, -0.2) is 60.0 Å². The molecule has 180 valence electrons. The van der Waals surface area contributed by atoms with Gasteiger partial charge in [-0.3, -0.25) is 4.79 Å². The molecule has 33 heavy (non-hydrogen) atoms. The molecule has 0 unspecified atom stereocenters. The summed E-state index contributed by atoms with van der Waals surface area (Å²) in [6.07, 6.45) is 6.81. The Hall–Kier alpha value is -2.10. The number of piperazine rings is 1. The van der Waals surface area contributed by atoms with Gasteiger partial charge in [-0.1, -0.05) is 24.1 Å². The molecule has 2 fully saturated rings. The molecular weight excluding hydrogens is 464 g/mol. The Morgan fingerprint density at radius 2 is 1.79 bits per heavy atom. The maximum atomic E-state index is 13.5. The topological polar surface area (TPSA) is 84.7 Å². The first-order valence-corrected chi connectivity index (χ1v) is 13.4. The molecule has 0 atom stereocenters. The third kappa shape index (κ3) is 5.20.